The van der Waals surface area contributed by atoms with E-state index in [-0.39, 0.29) is 12.1 Å². The molecule has 0 radical (unpaired) electrons. The molecule has 5 heteroatoms. The zero-order chi connectivity index (χ0) is 13.7. The van der Waals surface area contributed by atoms with Crippen molar-refractivity contribution in [1.82, 2.24) is 10.6 Å². The van der Waals surface area contributed by atoms with Gasteiger partial charge in [0.1, 0.15) is 0 Å². The third-order valence-corrected chi connectivity index (χ3v) is 4.73. The Hall–Kier alpha value is -1.07. The largest absolute Gasteiger partial charge is 0.381 e. The van der Waals surface area contributed by atoms with E-state index >= 15 is 0 Å². The van der Waals surface area contributed by atoms with Crippen LogP contribution in [0.4, 0.5) is 4.79 Å². The Morgan fingerprint density at radius 1 is 1.53 bits per heavy atom. The fraction of sp³-hybridized carbons (Fsp3) is 0.643. The lowest BCUT2D eigenvalue weighted by molar-refractivity contribution is 0.0571. The highest BCUT2D eigenvalue weighted by molar-refractivity contribution is 7.10. The van der Waals surface area contributed by atoms with Gasteiger partial charge in [0.15, 0.2) is 0 Å². The summed E-state index contributed by atoms with van der Waals surface area (Å²) in [6.45, 7) is 6.37. The number of rotatable bonds is 4. The summed E-state index contributed by atoms with van der Waals surface area (Å²) in [5, 5.41) is 8.01. The number of carbonyl (C=O) groups excluding carboxylic acids is 1. The Bertz CT molecular complexity index is 413. The van der Waals surface area contributed by atoms with Crippen LogP contribution in [0.2, 0.25) is 0 Å². The van der Waals surface area contributed by atoms with E-state index in [9.17, 15) is 4.79 Å². The molecule has 0 spiro atoms. The van der Waals surface area contributed by atoms with E-state index < -0.39 is 0 Å². The molecule has 0 aromatic carbocycles. The summed E-state index contributed by atoms with van der Waals surface area (Å²) >= 11 is 1.68. The van der Waals surface area contributed by atoms with Gasteiger partial charge in [0, 0.05) is 24.1 Å². The topological polar surface area (TPSA) is 50.4 Å². The number of hydrogen-bond acceptors (Lipinski definition) is 3. The quantitative estimate of drug-likeness (QED) is 0.892. The Kier molecular flexibility index (Phi) is 5.22. The van der Waals surface area contributed by atoms with Crippen molar-refractivity contribution in [2.45, 2.75) is 39.3 Å². The summed E-state index contributed by atoms with van der Waals surface area (Å²) in [4.78, 5) is 13.1. The predicted molar refractivity (Wildman–Crippen MR) is 77.4 cm³/mol. The first-order chi connectivity index (χ1) is 9.16. The van der Waals surface area contributed by atoms with Gasteiger partial charge in [0.25, 0.3) is 0 Å². The lowest BCUT2D eigenvalue weighted by Crippen LogP contribution is -2.45. The fourth-order valence-electron chi connectivity index (χ4n) is 2.34. The molecular weight excluding hydrogens is 260 g/mol. The predicted octanol–water partition coefficient (Wildman–Crippen LogP) is 2.67. The first-order valence-electron chi connectivity index (χ1n) is 6.82. The molecule has 1 saturated heterocycles. The third-order valence-electron chi connectivity index (χ3n) is 3.71. The molecule has 1 aliphatic heterocycles. The van der Waals surface area contributed by atoms with Gasteiger partial charge < -0.3 is 15.4 Å². The molecule has 0 aliphatic carbocycles. The third kappa shape index (κ3) is 4.21. The van der Waals surface area contributed by atoms with Crippen molar-refractivity contribution in [3.63, 3.8) is 0 Å². The maximum Gasteiger partial charge on any atom is 0.315 e. The van der Waals surface area contributed by atoms with Crippen LogP contribution in [-0.2, 0) is 11.3 Å². The highest BCUT2D eigenvalue weighted by Gasteiger charge is 2.21. The Labute approximate surface area is 118 Å². The first kappa shape index (κ1) is 14.3. The fourth-order valence-corrected chi connectivity index (χ4v) is 3.18. The molecule has 0 saturated carbocycles. The van der Waals surface area contributed by atoms with Crippen molar-refractivity contribution >= 4 is 17.4 Å². The lowest BCUT2D eigenvalue weighted by Gasteiger charge is -2.28. The summed E-state index contributed by atoms with van der Waals surface area (Å²) in [6.07, 6.45) is 2.07. The van der Waals surface area contributed by atoms with Crippen LogP contribution in [-0.4, -0.2) is 25.3 Å². The molecule has 1 aromatic heterocycles. The van der Waals surface area contributed by atoms with Crippen molar-refractivity contribution < 1.29 is 9.53 Å². The monoisotopic (exact) mass is 282 g/mol. The second-order valence-electron chi connectivity index (χ2n) is 5.09. The summed E-state index contributed by atoms with van der Waals surface area (Å²) in [5.74, 6) is 0.531. The van der Waals surface area contributed by atoms with Crippen molar-refractivity contribution in [2.24, 2.45) is 5.92 Å². The van der Waals surface area contributed by atoms with Crippen LogP contribution < -0.4 is 10.6 Å². The molecule has 4 nitrogen and oxygen atoms in total. The Morgan fingerprint density at radius 3 is 2.89 bits per heavy atom. The van der Waals surface area contributed by atoms with E-state index in [2.05, 4.69) is 35.9 Å². The normalized spacial score (nSPS) is 18.0. The van der Waals surface area contributed by atoms with Gasteiger partial charge in [-0.05, 0) is 49.6 Å². The average Bonchev–Trinajstić information content (AvgIpc) is 2.83. The Morgan fingerprint density at radius 2 is 2.26 bits per heavy atom. The number of ether oxygens (including phenoxy) is 1. The van der Waals surface area contributed by atoms with E-state index in [1.807, 2.05) is 0 Å². The molecule has 1 atom stereocenters. The molecule has 1 fully saturated rings. The molecule has 1 aromatic rings. The molecule has 1 aliphatic rings. The molecule has 19 heavy (non-hydrogen) atoms. The second kappa shape index (κ2) is 6.91. The van der Waals surface area contributed by atoms with E-state index in [4.69, 9.17) is 4.74 Å². The maximum atomic E-state index is 11.9. The maximum absolute atomic E-state index is 11.9. The minimum absolute atomic E-state index is 0.0770. The molecule has 2 rings (SSSR count). The van der Waals surface area contributed by atoms with Crippen molar-refractivity contribution in [3.8, 4) is 0 Å². The smallest absolute Gasteiger partial charge is 0.315 e. The second-order valence-corrected chi connectivity index (χ2v) is 6.09. The minimum Gasteiger partial charge on any atom is -0.381 e. The number of thiophene rings is 1. The van der Waals surface area contributed by atoms with Crippen LogP contribution in [0, 0.1) is 12.8 Å². The van der Waals surface area contributed by atoms with Crippen LogP contribution in [0.3, 0.4) is 0 Å². The van der Waals surface area contributed by atoms with Gasteiger partial charge in [-0.15, -0.1) is 11.3 Å². The van der Waals surface area contributed by atoms with Crippen molar-refractivity contribution in [2.75, 3.05) is 13.2 Å². The molecule has 2 N–H and O–H groups in total. The summed E-state index contributed by atoms with van der Waals surface area (Å²) in [6, 6.07) is 2.20. The number of amides is 2. The van der Waals surface area contributed by atoms with E-state index in [1.54, 1.807) is 11.3 Å². The average molecular weight is 282 g/mol. The molecule has 0 bridgehead atoms. The van der Waals surface area contributed by atoms with E-state index in [0.29, 0.717) is 12.5 Å². The number of hydrogen-bond donors (Lipinski definition) is 2. The number of carbonyl (C=O) groups is 1. The lowest BCUT2D eigenvalue weighted by atomic mass is 9.93. The SMILES string of the molecule is Cc1ccsc1CNC(=O)NC(C)C1CCOCC1. The Balaban J connectivity index is 1.73. The highest BCUT2D eigenvalue weighted by Crippen LogP contribution is 2.18. The van der Waals surface area contributed by atoms with Crippen LogP contribution in [0.5, 0.6) is 0 Å². The zero-order valence-corrected chi connectivity index (χ0v) is 12.4. The summed E-state index contributed by atoms with van der Waals surface area (Å²) < 4.78 is 5.34. The van der Waals surface area contributed by atoms with Gasteiger partial charge in [-0.2, -0.15) is 0 Å². The summed E-state index contributed by atoms with van der Waals surface area (Å²) in [5.41, 5.74) is 1.24. The van der Waals surface area contributed by atoms with Gasteiger partial charge >= 0.3 is 6.03 Å². The first-order valence-corrected chi connectivity index (χ1v) is 7.70. The van der Waals surface area contributed by atoms with Gasteiger partial charge in [-0.25, -0.2) is 4.79 Å². The van der Waals surface area contributed by atoms with Crippen molar-refractivity contribution in [1.29, 1.82) is 0 Å². The standard InChI is InChI=1S/C14H22N2O2S/c1-10-5-8-19-13(10)9-15-14(17)16-11(2)12-3-6-18-7-4-12/h5,8,11-12H,3-4,6-7,9H2,1-2H3,(H2,15,16,17). The van der Waals surface area contributed by atoms with Gasteiger partial charge in [-0.3, -0.25) is 0 Å². The van der Waals surface area contributed by atoms with Crippen LogP contribution in [0.25, 0.3) is 0 Å². The highest BCUT2D eigenvalue weighted by atomic mass is 32.1. The van der Waals surface area contributed by atoms with Gasteiger partial charge in [0.05, 0.1) is 6.54 Å². The molecular formula is C14H22N2O2S. The van der Waals surface area contributed by atoms with E-state index in [0.717, 1.165) is 26.1 Å². The molecule has 2 heterocycles. The van der Waals surface area contributed by atoms with Gasteiger partial charge in [0.2, 0.25) is 0 Å². The van der Waals surface area contributed by atoms with Crippen LogP contribution >= 0.6 is 11.3 Å². The number of aryl methyl sites for hydroxylation is 1. The van der Waals surface area contributed by atoms with E-state index in [1.165, 1.54) is 10.4 Å². The van der Waals surface area contributed by atoms with Crippen LogP contribution in [0.15, 0.2) is 11.4 Å². The summed E-state index contributed by atoms with van der Waals surface area (Å²) in [7, 11) is 0. The minimum atomic E-state index is -0.0770. The van der Waals surface area contributed by atoms with Crippen molar-refractivity contribution in [3.05, 3.63) is 21.9 Å². The molecule has 106 valence electrons. The van der Waals surface area contributed by atoms with Gasteiger partial charge in [-0.1, -0.05) is 0 Å². The van der Waals surface area contributed by atoms with Crippen LogP contribution in [0.1, 0.15) is 30.2 Å². The molecule has 1 unspecified atom stereocenters. The molecule has 2 amide bonds. The number of nitrogens with one attached hydrogen (secondary N) is 2. The number of urea groups is 1. The zero-order valence-electron chi connectivity index (χ0n) is 11.6.